The van der Waals surface area contributed by atoms with Crippen molar-refractivity contribution in [2.75, 3.05) is 4.90 Å². The molecule has 0 amide bonds. The molecule has 11 aromatic carbocycles. The SMILES string of the molecule is c1ccc(-c2ccc(N(c3cccc(C4(c5ccccc5)c5ccccc5-c5ccccc54)c3)c3ccc4ccc5c(c4c3)Oc3cccc(-c4ccccc4)c3-c3ccccc3-5)cc2)cc1. The van der Waals surface area contributed by atoms with Crippen LogP contribution in [-0.2, 0) is 5.41 Å². The highest BCUT2D eigenvalue weighted by Crippen LogP contribution is 2.57. The molecule has 67 heavy (non-hydrogen) atoms. The summed E-state index contributed by atoms with van der Waals surface area (Å²) in [4.78, 5) is 2.41. The number of rotatable bonds is 7. The molecule has 2 heteroatoms. The third kappa shape index (κ3) is 6.18. The van der Waals surface area contributed by atoms with Crippen LogP contribution in [0.25, 0.3) is 66.4 Å². The molecule has 0 fully saturated rings. The lowest BCUT2D eigenvalue weighted by molar-refractivity contribution is 0.493. The molecule has 2 nitrogen and oxygen atoms in total. The summed E-state index contributed by atoms with van der Waals surface area (Å²) >= 11 is 0. The second-order valence-electron chi connectivity index (χ2n) is 17.5. The molecule has 0 bridgehead atoms. The van der Waals surface area contributed by atoms with Gasteiger partial charge in [0.05, 0.1) is 5.41 Å². The lowest BCUT2D eigenvalue weighted by Crippen LogP contribution is -2.28. The van der Waals surface area contributed by atoms with Crippen LogP contribution in [0, 0.1) is 0 Å². The Hall–Kier alpha value is -8.72. The number of ether oxygens (including phenoxy) is 1. The van der Waals surface area contributed by atoms with Crippen molar-refractivity contribution < 1.29 is 4.74 Å². The predicted octanol–water partition coefficient (Wildman–Crippen LogP) is 17.4. The number of anilines is 3. The van der Waals surface area contributed by atoms with E-state index in [0.29, 0.717) is 0 Å². The van der Waals surface area contributed by atoms with Crippen LogP contribution in [0.5, 0.6) is 11.5 Å². The summed E-state index contributed by atoms with van der Waals surface area (Å²) in [6, 6.07) is 94.9. The van der Waals surface area contributed by atoms with E-state index in [1.807, 2.05) is 0 Å². The zero-order chi connectivity index (χ0) is 44.3. The average Bonchev–Trinajstić information content (AvgIpc) is 3.62. The average molecular weight is 854 g/mol. The highest BCUT2D eigenvalue weighted by Gasteiger charge is 2.46. The molecule has 1 aliphatic heterocycles. The minimum atomic E-state index is -0.540. The minimum absolute atomic E-state index is 0.540. The Morgan fingerprint density at radius 1 is 0.313 bits per heavy atom. The molecule has 1 aliphatic carbocycles. The van der Waals surface area contributed by atoms with E-state index in [2.05, 4.69) is 266 Å². The Bertz CT molecular complexity index is 3610. The first-order valence-electron chi connectivity index (χ1n) is 23.1. The van der Waals surface area contributed by atoms with Crippen molar-refractivity contribution in [3.8, 4) is 67.1 Å². The second-order valence-corrected chi connectivity index (χ2v) is 17.5. The molecule has 0 N–H and O–H groups in total. The number of benzene rings is 11. The fourth-order valence-corrected chi connectivity index (χ4v) is 11.0. The number of hydrogen-bond donors (Lipinski definition) is 0. The number of nitrogens with zero attached hydrogens (tertiary/aromatic N) is 1. The van der Waals surface area contributed by atoms with Gasteiger partial charge in [0, 0.05) is 33.6 Å². The first-order chi connectivity index (χ1) is 33.2. The largest absolute Gasteiger partial charge is 0.455 e. The van der Waals surface area contributed by atoms with Crippen LogP contribution in [-0.4, -0.2) is 0 Å². The molecule has 0 unspecified atom stereocenters. The second kappa shape index (κ2) is 15.8. The van der Waals surface area contributed by atoms with Crippen LogP contribution >= 0.6 is 0 Å². The molecule has 13 rings (SSSR count). The fourth-order valence-electron chi connectivity index (χ4n) is 11.0. The molecule has 0 aromatic heterocycles. The van der Waals surface area contributed by atoms with Crippen molar-refractivity contribution in [3.05, 3.63) is 283 Å². The summed E-state index contributed by atoms with van der Waals surface area (Å²) < 4.78 is 7.27. The van der Waals surface area contributed by atoms with Crippen molar-refractivity contribution in [2.24, 2.45) is 0 Å². The van der Waals surface area contributed by atoms with Crippen molar-refractivity contribution in [1.29, 1.82) is 0 Å². The molecule has 2 aliphatic rings. The van der Waals surface area contributed by atoms with Gasteiger partial charge in [0.2, 0.25) is 0 Å². The smallest absolute Gasteiger partial charge is 0.143 e. The predicted molar refractivity (Wildman–Crippen MR) is 278 cm³/mol. The lowest BCUT2D eigenvalue weighted by Gasteiger charge is -2.35. The first-order valence-corrected chi connectivity index (χ1v) is 23.1. The summed E-state index contributed by atoms with van der Waals surface area (Å²) in [5, 5.41) is 2.15. The van der Waals surface area contributed by atoms with Gasteiger partial charge in [-0.3, -0.25) is 0 Å². The van der Waals surface area contributed by atoms with Crippen molar-refractivity contribution in [2.45, 2.75) is 5.41 Å². The molecule has 0 radical (unpaired) electrons. The van der Waals surface area contributed by atoms with Gasteiger partial charge in [0.1, 0.15) is 11.5 Å². The van der Waals surface area contributed by atoms with E-state index < -0.39 is 5.41 Å². The lowest BCUT2D eigenvalue weighted by atomic mass is 9.67. The van der Waals surface area contributed by atoms with E-state index in [-0.39, 0.29) is 0 Å². The minimum Gasteiger partial charge on any atom is -0.455 e. The van der Waals surface area contributed by atoms with Crippen LogP contribution in [0.4, 0.5) is 17.1 Å². The Morgan fingerprint density at radius 3 is 1.55 bits per heavy atom. The van der Waals surface area contributed by atoms with Gasteiger partial charge >= 0.3 is 0 Å². The maximum Gasteiger partial charge on any atom is 0.143 e. The summed E-state index contributed by atoms with van der Waals surface area (Å²) in [5.41, 5.74) is 19.3. The highest BCUT2D eigenvalue weighted by atomic mass is 16.5. The van der Waals surface area contributed by atoms with E-state index in [1.54, 1.807) is 0 Å². The van der Waals surface area contributed by atoms with Gasteiger partial charge in [-0.2, -0.15) is 0 Å². The Morgan fingerprint density at radius 2 is 0.836 bits per heavy atom. The van der Waals surface area contributed by atoms with Crippen LogP contribution in [0.2, 0.25) is 0 Å². The standard InChI is InChI=1S/C65H43NO/c1-4-18-44(19-5-1)45-34-38-50(39-35-45)66(51-25-16-24-49(42-51)65(48-22-8-3-9-23-48)60-31-14-12-27-55(60)56-28-13-15-32-61(56)65)52-40-36-47-37-41-58-54-26-10-11-29-57(54)63-53(46-20-6-2-7-21-46)30-17-33-62(63)67-64(58)59(47)43-52/h1-43H. The summed E-state index contributed by atoms with van der Waals surface area (Å²) in [6.07, 6.45) is 0. The third-order valence-electron chi connectivity index (χ3n) is 14.0. The monoisotopic (exact) mass is 853 g/mol. The molecule has 1 heterocycles. The highest BCUT2D eigenvalue weighted by molar-refractivity contribution is 6.04. The molecule has 0 saturated heterocycles. The Balaban J connectivity index is 1.03. The fraction of sp³-hybridized carbons (Fsp3) is 0.0154. The Kier molecular flexibility index (Phi) is 9.11. The van der Waals surface area contributed by atoms with Crippen LogP contribution < -0.4 is 9.64 Å². The normalized spacial score (nSPS) is 12.7. The van der Waals surface area contributed by atoms with E-state index in [4.69, 9.17) is 4.74 Å². The Labute approximate surface area is 391 Å². The van der Waals surface area contributed by atoms with Crippen molar-refractivity contribution >= 4 is 27.8 Å². The zero-order valence-corrected chi connectivity index (χ0v) is 36.7. The van der Waals surface area contributed by atoms with Crippen LogP contribution in [0.15, 0.2) is 261 Å². The molecular formula is C65H43NO. The third-order valence-corrected chi connectivity index (χ3v) is 14.0. The van der Waals surface area contributed by atoms with E-state index in [0.717, 1.165) is 72.7 Å². The molecule has 11 aromatic rings. The summed E-state index contributed by atoms with van der Waals surface area (Å²) in [5.74, 6) is 1.70. The van der Waals surface area contributed by atoms with Gasteiger partial charge in [-0.25, -0.2) is 0 Å². The quantitative estimate of drug-likeness (QED) is 0.158. The van der Waals surface area contributed by atoms with Gasteiger partial charge in [-0.1, -0.05) is 212 Å². The topological polar surface area (TPSA) is 12.5 Å². The van der Waals surface area contributed by atoms with E-state index >= 15 is 0 Å². The summed E-state index contributed by atoms with van der Waals surface area (Å²) in [7, 11) is 0. The van der Waals surface area contributed by atoms with E-state index in [9.17, 15) is 0 Å². The van der Waals surface area contributed by atoms with Gasteiger partial charge in [0.25, 0.3) is 0 Å². The maximum absolute atomic E-state index is 7.27. The van der Waals surface area contributed by atoms with Gasteiger partial charge in [-0.15, -0.1) is 0 Å². The first kappa shape index (κ1) is 38.7. The molecular weight excluding hydrogens is 811 g/mol. The van der Waals surface area contributed by atoms with Crippen LogP contribution in [0.3, 0.4) is 0 Å². The maximum atomic E-state index is 7.27. The molecule has 0 spiro atoms. The number of hydrogen-bond acceptors (Lipinski definition) is 2. The van der Waals surface area contributed by atoms with Gasteiger partial charge < -0.3 is 9.64 Å². The molecule has 314 valence electrons. The van der Waals surface area contributed by atoms with Crippen molar-refractivity contribution in [1.82, 2.24) is 0 Å². The number of fused-ring (bicyclic) bond motifs is 10. The van der Waals surface area contributed by atoms with E-state index in [1.165, 1.54) is 44.5 Å². The molecule has 0 saturated carbocycles. The zero-order valence-electron chi connectivity index (χ0n) is 36.7. The van der Waals surface area contributed by atoms with Gasteiger partial charge in [-0.05, 0) is 121 Å². The van der Waals surface area contributed by atoms with Gasteiger partial charge in [0.15, 0.2) is 0 Å². The van der Waals surface area contributed by atoms with Crippen molar-refractivity contribution in [3.63, 3.8) is 0 Å². The molecule has 0 atom stereocenters. The van der Waals surface area contributed by atoms with Crippen LogP contribution in [0.1, 0.15) is 22.3 Å². The summed E-state index contributed by atoms with van der Waals surface area (Å²) in [6.45, 7) is 0.